The summed E-state index contributed by atoms with van der Waals surface area (Å²) in [6.45, 7) is 0.851. The highest BCUT2D eigenvalue weighted by atomic mass is 16.5. The zero-order valence-electron chi connectivity index (χ0n) is 11.1. The van der Waals surface area contributed by atoms with Gasteiger partial charge in [-0.1, -0.05) is 24.3 Å². The second-order valence-corrected chi connectivity index (χ2v) is 5.27. The van der Waals surface area contributed by atoms with Gasteiger partial charge in [-0.15, -0.1) is 0 Å². The number of para-hydroxylation sites is 1. The Bertz CT molecular complexity index is 549. The van der Waals surface area contributed by atoms with E-state index in [4.69, 9.17) is 10.5 Å². The number of hydrogen-bond acceptors (Lipinski definition) is 3. The van der Waals surface area contributed by atoms with Crippen LogP contribution in [-0.2, 0) is 11.2 Å². The molecule has 3 rings (SSSR count). The van der Waals surface area contributed by atoms with Gasteiger partial charge in [0, 0.05) is 30.1 Å². The van der Waals surface area contributed by atoms with Crippen molar-refractivity contribution in [2.75, 3.05) is 6.61 Å². The minimum absolute atomic E-state index is 0.0500. The SMILES string of the molecule is NC(Cc1ccc2ccccc2n1)C1CCCCO1. The molecule has 0 radical (unpaired) electrons. The lowest BCUT2D eigenvalue weighted by Gasteiger charge is -2.27. The van der Waals surface area contributed by atoms with Crippen molar-refractivity contribution in [2.24, 2.45) is 5.73 Å². The summed E-state index contributed by atoms with van der Waals surface area (Å²) in [5, 5.41) is 1.17. The van der Waals surface area contributed by atoms with Gasteiger partial charge in [0.2, 0.25) is 0 Å². The largest absolute Gasteiger partial charge is 0.377 e. The maximum absolute atomic E-state index is 6.26. The predicted octanol–water partition coefficient (Wildman–Crippen LogP) is 2.67. The van der Waals surface area contributed by atoms with Crippen LogP contribution in [0.5, 0.6) is 0 Å². The summed E-state index contributed by atoms with van der Waals surface area (Å²) in [5.74, 6) is 0. The Morgan fingerprint density at radius 2 is 2.11 bits per heavy atom. The highest BCUT2D eigenvalue weighted by Gasteiger charge is 2.21. The van der Waals surface area contributed by atoms with Gasteiger partial charge in [0.25, 0.3) is 0 Å². The normalized spacial score (nSPS) is 21.4. The summed E-state index contributed by atoms with van der Waals surface area (Å²) in [4.78, 5) is 4.67. The van der Waals surface area contributed by atoms with Crippen molar-refractivity contribution in [3.63, 3.8) is 0 Å². The van der Waals surface area contributed by atoms with Gasteiger partial charge in [-0.25, -0.2) is 0 Å². The van der Waals surface area contributed by atoms with Gasteiger partial charge >= 0.3 is 0 Å². The van der Waals surface area contributed by atoms with E-state index in [0.717, 1.165) is 37.1 Å². The third kappa shape index (κ3) is 2.94. The average Bonchev–Trinajstić information content (AvgIpc) is 2.48. The van der Waals surface area contributed by atoms with Crippen LogP contribution in [0, 0.1) is 0 Å². The van der Waals surface area contributed by atoms with Crippen LogP contribution >= 0.6 is 0 Å². The van der Waals surface area contributed by atoms with E-state index in [2.05, 4.69) is 23.2 Å². The number of rotatable bonds is 3. The van der Waals surface area contributed by atoms with Gasteiger partial charge in [-0.3, -0.25) is 4.98 Å². The summed E-state index contributed by atoms with van der Waals surface area (Å²) in [6.07, 6.45) is 4.45. The van der Waals surface area contributed by atoms with Gasteiger partial charge in [0.05, 0.1) is 11.6 Å². The van der Waals surface area contributed by atoms with Crippen molar-refractivity contribution < 1.29 is 4.74 Å². The first-order chi connectivity index (χ1) is 9.33. The Hall–Kier alpha value is -1.45. The number of aromatic nitrogens is 1. The first-order valence-corrected chi connectivity index (χ1v) is 7.05. The van der Waals surface area contributed by atoms with Gasteiger partial charge in [0.15, 0.2) is 0 Å². The van der Waals surface area contributed by atoms with Gasteiger partial charge in [-0.2, -0.15) is 0 Å². The molecule has 2 atom stereocenters. The fourth-order valence-electron chi connectivity index (χ4n) is 2.70. The summed E-state index contributed by atoms with van der Waals surface area (Å²) in [5.41, 5.74) is 8.35. The fourth-order valence-corrected chi connectivity index (χ4v) is 2.70. The highest BCUT2D eigenvalue weighted by molar-refractivity contribution is 5.78. The van der Waals surface area contributed by atoms with Crippen molar-refractivity contribution in [3.05, 3.63) is 42.1 Å². The van der Waals surface area contributed by atoms with Crippen molar-refractivity contribution in [1.82, 2.24) is 4.98 Å². The molecule has 1 aliphatic rings. The predicted molar refractivity (Wildman–Crippen MR) is 77.0 cm³/mol. The molecule has 2 aromatic rings. The zero-order valence-corrected chi connectivity index (χ0v) is 11.1. The van der Waals surface area contributed by atoms with E-state index in [1.807, 2.05) is 18.2 Å². The van der Waals surface area contributed by atoms with E-state index in [9.17, 15) is 0 Å². The molecule has 2 unspecified atom stereocenters. The molecule has 2 heterocycles. The zero-order chi connectivity index (χ0) is 13.1. The van der Waals surface area contributed by atoms with Crippen molar-refractivity contribution in [3.8, 4) is 0 Å². The molecule has 3 nitrogen and oxygen atoms in total. The molecule has 1 saturated heterocycles. The van der Waals surface area contributed by atoms with E-state index >= 15 is 0 Å². The second kappa shape index (κ2) is 5.68. The first-order valence-electron chi connectivity index (χ1n) is 7.05. The molecule has 0 saturated carbocycles. The lowest BCUT2D eigenvalue weighted by atomic mass is 9.98. The number of fused-ring (bicyclic) bond motifs is 1. The van der Waals surface area contributed by atoms with Crippen molar-refractivity contribution in [1.29, 1.82) is 0 Å². The van der Waals surface area contributed by atoms with Crippen LogP contribution < -0.4 is 5.73 Å². The van der Waals surface area contributed by atoms with Crippen LogP contribution in [0.25, 0.3) is 10.9 Å². The van der Waals surface area contributed by atoms with Crippen molar-refractivity contribution >= 4 is 10.9 Å². The van der Waals surface area contributed by atoms with Crippen LogP contribution in [0.4, 0.5) is 0 Å². The highest BCUT2D eigenvalue weighted by Crippen LogP contribution is 2.18. The van der Waals surface area contributed by atoms with E-state index in [-0.39, 0.29) is 12.1 Å². The number of pyridine rings is 1. The number of nitrogens with zero attached hydrogens (tertiary/aromatic N) is 1. The second-order valence-electron chi connectivity index (χ2n) is 5.27. The maximum Gasteiger partial charge on any atom is 0.0729 e. The molecule has 100 valence electrons. The van der Waals surface area contributed by atoms with Crippen LogP contribution in [0.1, 0.15) is 25.0 Å². The molecule has 0 bridgehead atoms. The van der Waals surface area contributed by atoms with Crippen LogP contribution in [0.3, 0.4) is 0 Å². The molecule has 0 aliphatic carbocycles. The number of benzene rings is 1. The Morgan fingerprint density at radius 1 is 1.21 bits per heavy atom. The molecule has 2 N–H and O–H groups in total. The smallest absolute Gasteiger partial charge is 0.0729 e. The molecule has 1 aliphatic heterocycles. The molecular formula is C16H20N2O. The topological polar surface area (TPSA) is 48.1 Å². The van der Waals surface area contributed by atoms with E-state index in [1.165, 1.54) is 11.8 Å². The summed E-state index contributed by atoms with van der Waals surface area (Å²) in [6, 6.07) is 12.4. The Labute approximate surface area is 113 Å². The molecule has 19 heavy (non-hydrogen) atoms. The summed E-state index contributed by atoms with van der Waals surface area (Å²) < 4.78 is 5.75. The third-order valence-electron chi connectivity index (χ3n) is 3.79. The molecule has 3 heteroatoms. The Morgan fingerprint density at radius 3 is 2.95 bits per heavy atom. The van der Waals surface area contributed by atoms with Crippen molar-refractivity contribution in [2.45, 2.75) is 37.8 Å². The third-order valence-corrected chi connectivity index (χ3v) is 3.79. The average molecular weight is 256 g/mol. The molecule has 1 aromatic heterocycles. The number of hydrogen-bond donors (Lipinski definition) is 1. The molecule has 0 amide bonds. The lowest BCUT2D eigenvalue weighted by molar-refractivity contribution is 0.000482. The quantitative estimate of drug-likeness (QED) is 0.918. The monoisotopic (exact) mass is 256 g/mol. The van der Waals surface area contributed by atoms with Gasteiger partial charge < -0.3 is 10.5 Å². The van der Waals surface area contributed by atoms with Gasteiger partial charge in [0.1, 0.15) is 0 Å². The summed E-state index contributed by atoms with van der Waals surface area (Å²) >= 11 is 0. The molecule has 0 spiro atoms. The van der Waals surface area contributed by atoms with Crippen LogP contribution in [-0.4, -0.2) is 23.7 Å². The standard InChI is InChI=1S/C16H20N2O/c17-14(16-7-3-4-10-19-16)11-13-9-8-12-5-1-2-6-15(12)18-13/h1-2,5-6,8-9,14,16H,3-4,7,10-11,17H2. The van der Waals surface area contributed by atoms with E-state index in [1.54, 1.807) is 0 Å². The summed E-state index contributed by atoms with van der Waals surface area (Å²) in [7, 11) is 0. The lowest BCUT2D eigenvalue weighted by Crippen LogP contribution is -2.40. The fraction of sp³-hybridized carbons (Fsp3) is 0.438. The number of nitrogens with two attached hydrogens (primary N) is 1. The molecular weight excluding hydrogens is 236 g/mol. The van der Waals surface area contributed by atoms with Crippen LogP contribution in [0.2, 0.25) is 0 Å². The minimum Gasteiger partial charge on any atom is -0.377 e. The maximum atomic E-state index is 6.26. The van der Waals surface area contributed by atoms with E-state index < -0.39 is 0 Å². The van der Waals surface area contributed by atoms with E-state index in [0.29, 0.717) is 0 Å². The number of ether oxygens (including phenoxy) is 1. The minimum atomic E-state index is 0.0500. The van der Waals surface area contributed by atoms with Crippen LogP contribution in [0.15, 0.2) is 36.4 Å². The van der Waals surface area contributed by atoms with Gasteiger partial charge in [-0.05, 0) is 31.4 Å². The Balaban J connectivity index is 1.73. The molecule has 1 fully saturated rings. The Kier molecular flexibility index (Phi) is 3.76. The molecule has 1 aromatic carbocycles. The first kappa shape index (κ1) is 12.6.